The van der Waals surface area contributed by atoms with E-state index < -0.39 is 0 Å². The summed E-state index contributed by atoms with van der Waals surface area (Å²) < 4.78 is 0. The lowest BCUT2D eigenvalue weighted by Gasteiger charge is -1.97. The van der Waals surface area contributed by atoms with Gasteiger partial charge in [-0.2, -0.15) is 0 Å². The zero-order valence-electron chi connectivity index (χ0n) is 6.00. The van der Waals surface area contributed by atoms with Crippen LogP contribution in [-0.4, -0.2) is 16.6 Å². The van der Waals surface area contributed by atoms with E-state index in [1.807, 2.05) is 0 Å². The third-order valence-electron chi connectivity index (χ3n) is 1.30. The van der Waals surface area contributed by atoms with Crippen LogP contribution in [0.3, 0.4) is 0 Å². The molecule has 0 atom stereocenters. The van der Waals surface area contributed by atoms with Crippen LogP contribution < -0.4 is 11.3 Å². The van der Waals surface area contributed by atoms with Gasteiger partial charge >= 0.3 is 0 Å². The maximum atomic E-state index is 10.7. The largest absolute Gasteiger partial charge is 0.508 e. The molecule has 0 radical (unpaired) electrons. The first kappa shape index (κ1) is 7.81. The highest BCUT2D eigenvalue weighted by atomic mass is 16.3. The molecule has 0 amide bonds. The van der Waals surface area contributed by atoms with Gasteiger partial charge in [-0.25, -0.2) is 0 Å². The van der Waals surface area contributed by atoms with Gasteiger partial charge in [-0.3, -0.25) is 4.79 Å². The van der Waals surface area contributed by atoms with Crippen molar-refractivity contribution in [1.29, 1.82) is 0 Å². The van der Waals surface area contributed by atoms with Crippen LogP contribution in [0, 0.1) is 0 Å². The number of aromatic hydroxyl groups is 1. The molecule has 0 unspecified atom stereocenters. The van der Waals surface area contributed by atoms with Gasteiger partial charge in [0.25, 0.3) is 5.56 Å². The number of aromatic amines is 1. The van der Waals surface area contributed by atoms with E-state index in [0.717, 1.165) is 6.07 Å². The molecule has 1 aromatic heterocycles. The van der Waals surface area contributed by atoms with Crippen LogP contribution in [0.4, 0.5) is 0 Å². The summed E-state index contributed by atoms with van der Waals surface area (Å²) in [6.07, 6.45) is 0.573. The second kappa shape index (κ2) is 3.21. The van der Waals surface area contributed by atoms with Crippen molar-refractivity contribution >= 4 is 0 Å². The van der Waals surface area contributed by atoms with Crippen molar-refractivity contribution in [2.24, 2.45) is 5.73 Å². The molecular formula is C7H10N2O2. The average molecular weight is 154 g/mol. The van der Waals surface area contributed by atoms with Crippen LogP contribution >= 0.6 is 0 Å². The lowest BCUT2D eigenvalue weighted by Crippen LogP contribution is -2.10. The summed E-state index contributed by atoms with van der Waals surface area (Å²) in [5, 5.41) is 8.96. The van der Waals surface area contributed by atoms with E-state index in [9.17, 15) is 4.79 Å². The molecule has 1 rings (SSSR count). The molecule has 0 saturated heterocycles. The predicted octanol–water partition coefficient (Wildman–Crippen LogP) is -0.418. The first-order valence-corrected chi connectivity index (χ1v) is 3.34. The van der Waals surface area contributed by atoms with Crippen molar-refractivity contribution in [1.82, 2.24) is 4.98 Å². The summed E-state index contributed by atoms with van der Waals surface area (Å²) in [5.41, 5.74) is 5.62. The summed E-state index contributed by atoms with van der Waals surface area (Å²) in [6, 6.07) is 2.62. The van der Waals surface area contributed by atoms with Gasteiger partial charge in [-0.15, -0.1) is 0 Å². The third-order valence-corrected chi connectivity index (χ3v) is 1.30. The standard InChI is InChI=1S/C7H10N2O2/c8-2-1-5-3-6(10)4-7(11)9-5/h3-4H,1-2,8H2,(H2,9,10,11). The van der Waals surface area contributed by atoms with E-state index in [4.69, 9.17) is 10.8 Å². The number of nitrogens with one attached hydrogen (secondary N) is 1. The molecule has 0 aliphatic rings. The zero-order valence-corrected chi connectivity index (χ0v) is 6.00. The van der Waals surface area contributed by atoms with E-state index >= 15 is 0 Å². The maximum absolute atomic E-state index is 10.7. The Hall–Kier alpha value is -1.29. The fraction of sp³-hybridized carbons (Fsp3) is 0.286. The smallest absolute Gasteiger partial charge is 0.251 e. The highest BCUT2D eigenvalue weighted by Gasteiger charge is 1.95. The Kier molecular flexibility index (Phi) is 2.28. The summed E-state index contributed by atoms with van der Waals surface area (Å²) in [7, 11) is 0. The zero-order chi connectivity index (χ0) is 8.27. The first-order chi connectivity index (χ1) is 5.22. The highest BCUT2D eigenvalue weighted by molar-refractivity contribution is 5.20. The van der Waals surface area contributed by atoms with E-state index in [2.05, 4.69) is 4.98 Å². The minimum Gasteiger partial charge on any atom is -0.508 e. The topological polar surface area (TPSA) is 79.1 Å². The molecule has 0 aliphatic carbocycles. The van der Waals surface area contributed by atoms with Gasteiger partial charge in [0.1, 0.15) is 5.75 Å². The van der Waals surface area contributed by atoms with Crippen LogP contribution in [0.2, 0.25) is 0 Å². The predicted molar refractivity (Wildman–Crippen MR) is 41.5 cm³/mol. The molecule has 0 fully saturated rings. The fourth-order valence-corrected chi connectivity index (χ4v) is 0.875. The Morgan fingerprint density at radius 1 is 1.55 bits per heavy atom. The number of nitrogens with two attached hydrogens (primary N) is 1. The molecule has 60 valence electrons. The van der Waals surface area contributed by atoms with Gasteiger partial charge in [-0.05, 0) is 19.0 Å². The quantitative estimate of drug-likeness (QED) is 0.541. The second-order valence-electron chi connectivity index (χ2n) is 2.27. The summed E-state index contributed by atoms with van der Waals surface area (Å²) in [4.78, 5) is 13.3. The van der Waals surface area contributed by atoms with Crippen molar-refractivity contribution in [3.63, 3.8) is 0 Å². The number of hydrogen-bond donors (Lipinski definition) is 3. The molecule has 0 spiro atoms. The summed E-state index contributed by atoms with van der Waals surface area (Å²) >= 11 is 0. The average Bonchev–Trinajstić information content (AvgIpc) is 1.85. The third kappa shape index (κ3) is 2.09. The number of H-pyrrole nitrogens is 1. The number of rotatable bonds is 2. The Morgan fingerprint density at radius 3 is 2.82 bits per heavy atom. The van der Waals surface area contributed by atoms with Crippen molar-refractivity contribution < 1.29 is 5.11 Å². The minimum absolute atomic E-state index is 0.0165. The molecule has 0 bridgehead atoms. The van der Waals surface area contributed by atoms with E-state index in [1.165, 1.54) is 6.07 Å². The molecule has 0 saturated carbocycles. The lowest BCUT2D eigenvalue weighted by atomic mass is 10.2. The Bertz CT molecular complexity index is 293. The second-order valence-corrected chi connectivity index (χ2v) is 2.27. The monoisotopic (exact) mass is 154 g/mol. The Balaban J connectivity index is 2.99. The Labute approximate surface area is 63.7 Å². The molecular weight excluding hydrogens is 144 g/mol. The van der Waals surface area contributed by atoms with Crippen molar-refractivity contribution in [2.75, 3.05) is 6.54 Å². The molecule has 1 aromatic rings. The van der Waals surface area contributed by atoms with Gasteiger partial charge in [0, 0.05) is 11.8 Å². The highest BCUT2D eigenvalue weighted by Crippen LogP contribution is 2.04. The van der Waals surface area contributed by atoms with Gasteiger partial charge in [0.15, 0.2) is 0 Å². The molecule has 4 heteroatoms. The molecule has 11 heavy (non-hydrogen) atoms. The normalized spacial score (nSPS) is 9.91. The summed E-state index contributed by atoms with van der Waals surface area (Å²) in [5.74, 6) is -0.0165. The van der Waals surface area contributed by atoms with Crippen molar-refractivity contribution in [3.05, 3.63) is 28.2 Å². The van der Waals surface area contributed by atoms with Crippen LogP contribution in [0.5, 0.6) is 5.75 Å². The van der Waals surface area contributed by atoms with Gasteiger partial charge < -0.3 is 15.8 Å². The van der Waals surface area contributed by atoms with Crippen LogP contribution in [0.1, 0.15) is 5.69 Å². The summed E-state index contributed by atoms with van der Waals surface area (Å²) in [6.45, 7) is 0.458. The number of pyridine rings is 1. The van der Waals surface area contributed by atoms with Crippen molar-refractivity contribution in [3.8, 4) is 5.75 Å². The van der Waals surface area contributed by atoms with Gasteiger partial charge in [0.2, 0.25) is 0 Å². The molecule has 0 aliphatic heterocycles. The Morgan fingerprint density at radius 2 is 2.27 bits per heavy atom. The van der Waals surface area contributed by atoms with E-state index in [0.29, 0.717) is 18.7 Å². The van der Waals surface area contributed by atoms with E-state index in [-0.39, 0.29) is 11.3 Å². The minimum atomic E-state index is -0.298. The van der Waals surface area contributed by atoms with Crippen molar-refractivity contribution in [2.45, 2.75) is 6.42 Å². The maximum Gasteiger partial charge on any atom is 0.251 e. The number of hydrogen-bond acceptors (Lipinski definition) is 3. The lowest BCUT2D eigenvalue weighted by molar-refractivity contribution is 0.472. The first-order valence-electron chi connectivity index (χ1n) is 3.34. The van der Waals surface area contributed by atoms with E-state index in [1.54, 1.807) is 0 Å². The van der Waals surface area contributed by atoms with Gasteiger partial charge in [0.05, 0.1) is 0 Å². The molecule has 1 heterocycles. The molecule has 0 aromatic carbocycles. The van der Waals surface area contributed by atoms with Gasteiger partial charge in [-0.1, -0.05) is 0 Å². The van der Waals surface area contributed by atoms with Crippen LogP contribution in [0.25, 0.3) is 0 Å². The molecule has 4 nitrogen and oxygen atoms in total. The van der Waals surface area contributed by atoms with Crippen LogP contribution in [-0.2, 0) is 6.42 Å². The fourth-order valence-electron chi connectivity index (χ4n) is 0.875. The molecule has 4 N–H and O–H groups in total. The SMILES string of the molecule is NCCc1cc(O)cc(=O)[nH]1. The number of aromatic nitrogens is 1. The van der Waals surface area contributed by atoms with Crippen LogP contribution in [0.15, 0.2) is 16.9 Å².